The molecule has 3 heteroatoms. The van der Waals surface area contributed by atoms with Gasteiger partial charge in [0, 0.05) is 20.6 Å². The Kier molecular flexibility index (Phi) is 9.08. The van der Waals surface area contributed by atoms with Gasteiger partial charge < -0.3 is 0 Å². The van der Waals surface area contributed by atoms with E-state index in [1.165, 1.54) is 31.3 Å². The van der Waals surface area contributed by atoms with Gasteiger partial charge in [-0.2, -0.15) is 0 Å². The van der Waals surface area contributed by atoms with Gasteiger partial charge in [0.25, 0.3) is 0 Å². The summed E-state index contributed by atoms with van der Waals surface area (Å²) in [6, 6.07) is 0. The first-order chi connectivity index (χ1) is 7.31. The summed E-state index contributed by atoms with van der Waals surface area (Å²) in [5.74, 6) is 0.875. The van der Waals surface area contributed by atoms with Gasteiger partial charge in [0.2, 0.25) is 0 Å². The van der Waals surface area contributed by atoms with Crippen LogP contribution < -0.4 is 0 Å². The van der Waals surface area contributed by atoms with Gasteiger partial charge in [-0.1, -0.05) is 13.8 Å². The number of rotatable bonds is 8. The highest BCUT2D eigenvalue weighted by Gasteiger charge is 2.36. The van der Waals surface area contributed by atoms with Crippen molar-refractivity contribution in [2.24, 2.45) is 5.92 Å². The van der Waals surface area contributed by atoms with Crippen molar-refractivity contribution in [2.75, 3.05) is 45.1 Å². The van der Waals surface area contributed by atoms with Crippen LogP contribution >= 0.6 is 24.4 Å². The van der Waals surface area contributed by atoms with Crippen molar-refractivity contribution in [3.05, 3.63) is 0 Å². The van der Waals surface area contributed by atoms with E-state index in [0.29, 0.717) is 7.92 Å². The van der Waals surface area contributed by atoms with Crippen molar-refractivity contribution < 1.29 is 0 Å². The first-order valence-electron chi connectivity index (χ1n) is 6.48. The predicted octanol–water partition coefficient (Wildman–Crippen LogP) is 4.69. The molecule has 98 valence electrons. The van der Waals surface area contributed by atoms with E-state index < -0.39 is 7.26 Å². The molecule has 0 aliphatic rings. The van der Waals surface area contributed by atoms with Crippen LogP contribution in [0, 0.1) is 5.92 Å². The fourth-order valence-corrected chi connectivity index (χ4v) is 8.91. The molecule has 1 unspecified atom stereocenters. The van der Waals surface area contributed by atoms with Gasteiger partial charge in [-0.3, -0.25) is 0 Å². The summed E-state index contributed by atoms with van der Waals surface area (Å²) >= 11 is 0. The average Bonchev–Trinajstić information content (AvgIpc) is 2.10. The molecule has 0 aliphatic heterocycles. The molecule has 0 radical (unpaired) electrons. The summed E-state index contributed by atoms with van der Waals surface area (Å²) in [4.78, 5) is 0. The van der Waals surface area contributed by atoms with Crippen LogP contribution in [-0.2, 0) is 0 Å². The van der Waals surface area contributed by atoms with Crippen molar-refractivity contribution in [3.63, 3.8) is 0 Å². The Morgan fingerprint density at radius 2 is 1.75 bits per heavy atom. The molecule has 2 atom stereocenters. The predicted molar refractivity (Wildman–Crippen MR) is 89.7 cm³/mol. The monoisotopic (exact) mass is 281 g/mol. The van der Waals surface area contributed by atoms with Crippen LogP contribution in [0.25, 0.3) is 0 Å². The third-order valence-corrected chi connectivity index (χ3v) is 9.52. The van der Waals surface area contributed by atoms with E-state index in [0.717, 1.165) is 11.6 Å². The Hall–Kier alpha value is 1.29. The lowest BCUT2D eigenvalue weighted by Crippen LogP contribution is -2.22. The Bertz CT molecular complexity index is 176. The Labute approximate surface area is 108 Å². The molecular weight excluding hydrogens is 249 g/mol. The van der Waals surface area contributed by atoms with Crippen LogP contribution in [0.1, 0.15) is 26.7 Å². The first-order valence-corrected chi connectivity index (χ1v) is 12.7. The number of hydrogen-bond donors (Lipinski definition) is 0. The topological polar surface area (TPSA) is 0 Å². The van der Waals surface area contributed by atoms with E-state index in [2.05, 4.69) is 49.7 Å². The molecule has 0 aromatic rings. The standard InChI is InChI=1S/C13H32P3/c1-12(2)13(8-7-10-15(3)4)16(5,6)11-9-14/h12-13H,7-11,14H2,1-6H3/q+1/t13-/m1/s1. The van der Waals surface area contributed by atoms with E-state index in [9.17, 15) is 0 Å². The van der Waals surface area contributed by atoms with Crippen LogP contribution in [-0.4, -0.2) is 50.8 Å². The van der Waals surface area contributed by atoms with Crippen molar-refractivity contribution in [1.82, 2.24) is 0 Å². The molecule has 0 aromatic carbocycles. The second-order valence-electron chi connectivity index (χ2n) is 6.05. The maximum Gasteiger partial charge on any atom is 0.0715 e. The Balaban J connectivity index is 4.26. The largest absolute Gasteiger partial charge is 0.134 e. The Morgan fingerprint density at radius 3 is 2.12 bits per heavy atom. The van der Waals surface area contributed by atoms with Gasteiger partial charge in [-0.15, -0.1) is 17.2 Å². The average molecular weight is 281 g/mol. The highest BCUT2D eigenvalue weighted by Crippen LogP contribution is 2.60. The second-order valence-corrected chi connectivity index (χ2v) is 13.9. The molecular formula is C13H32P3+. The van der Waals surface area contributed by atoms with E-state index in [-0.39, 0.29) is 0 Å². The molecule has 0 saturated heterocycles. The third kappa shape index (κ3) is 6.89. The molecule has 16 heavy (non-hydrogen) atoms. The lowest BCUT2D eigenvalue weighted by atomic mass is 10.1. The quantitative estimate of drug-likeness (QED) is 0.566. The van der Waals surface area contributed by atoms with Crippen LogP contribution in [0.4, 0.5) is 0 Å². The van der Waals surface area contributed by atoms with Crippen molar-refractivity contribution >= 4 is 24.4 Å². The van der Waals surface area contributed by atoms with Gasteiger partial charge in [0.05, 0.1) is 11.8 Å². The fourth-order valence-electron chi connectivity index (χ4n) is 2.61. The molecule has 0 rings (SSSR count). The van der Waals surface area contributed by atoms with Crippen molar-refractivity contribution in [2.45, 2.75) is 32.3 Å². The molecule has 0 aromatic heterocycles. The highest BCUT2D eigenvalue weighted by molar-refractivity contribution is 7.75. The van der Waals surface area contributed by atoms with E-state index in [4.69, 9.17) is 0 Å². The number of hydrogen-bond acceptors (Lipinski definition) is 0. The van der Waals surface area contributed by atoms with E-state index in [1.54, 1.807) is 0 Å². The molecule has 0 spiro atoms. The molecule has 0 heterocycles. The van der Waals surface area contributed by atoms with Gasteiger partial charge in [-0.05, 0) is 44.4 Å². The SMILES string of the molecule is CC(C)[C@@H](CCCP(C)C)[P+](C)(C)CCP. The van der Waals surface area contributed by atoms with Gasteiger partial charge >= 0.3 is 0 Å². The maximum atomic E-state index is 2.91. The summed E-state index contributed by atoms with van der Waals surface area (Å²) in [7, 11) is 2.54. The minimum absolute atomic E-state index is 0.314. The van der Waals surface area contributed by atoms with Crippen molar-refractivity contribution in [3.8, 4) is 0 Å². The third-order valence-electron chi connectivity index (χ3n) is 3.48. The zero-order chi connectivity index (χ0) is 12.8. The summed E-state index contributed by atoms with van der Waals surface area (Å²) in [6.07, 6.45) is 7.15. The molecule has 0 aliphatic carbocycles. The smallest absolute Gasteiger partial charge is 0.0715 e. The first kappa shape index (κ1) is 17.3. The Morgan fingerprint density at radius 1 is 1.19 bits per heavy atom. The summed E-state index contributed by atoms with van der Waals surface area (Å²) in [6.45, 7) is 14.8. The van der Waals surface area contributed by atoms with Crippen LogP contribution in [0.2, 0.25) is 0 Å². The van der Waals surface area contributed by atoms with E-state index in [1.807, 2.05) is 0 Å². The summed E-state index contributed by atoms with van der Waals surface area (Å²) in [5.41, 5.74) is 1.00. The summed E-state index contributed by atoms with van der Waals surface area (Å²) < 4.78 is 0. The fraction of sp³-hybridized carbons (Fsp3) is 1.00. The second kappa shape index (κ2) is 8.40. The van der Waals surface area contributed by atoms with Crippen molar-refractivity contribution in [1.29, 1.82) is 0 Å². The van der Waals surface area contributed by atoms with Crippen LogP contribution in [0.15, 0.2) is 0 Å². The van der Waals surface area contributed by atoms with Gasteiger partial charge in [0.1, 0.15) is 0 Å². The minimum atomic E-state index is -0.682. The lowest BCUT2D eigenvalue weighted by molar-refractivity contribution is 0.557. The van der Waals surface area contributed by atoms with Crippen LogP contribution in [0.3, 0.4) is 0 Å². The zero-order valence-electron chi connectivity index (χ0n) is 12.2. The normalized spacial score (nSPS) is 14.8. The zero-order valence-corrected chi connectivity index (χ0v) is 15.1. The van der Waals surface area contributed by atoms with Gasteiger partial charge in [-0.25, -0.2) is 0 Å². The minimum Gasteiger partial charge on any atom is -0.134 e. The van der Waals surface area contributed by atoms with Crippen LogP contribution in [0.5, 0.6) is 0 Å². The molecule has 0 fully saturated rings. The molecule has 0 nitrogen and oxygen atoms in total. The molecule has 0 amide bonds. The lowest BCUT2D eigenvalue weighted by Gasteiger charge is -2.31. The highest BCUT2D eigenvalue weighted by atomic mass is 31.2. The molecule has 0 saturated carbocycles. The maximum absolute atomic E-state index is 2.91. The molecule has 0 bridgehead atoms. The van der Waals surface area contributed by atoms with E-state index >= 15 is 0 Å². The van der Waals surface area contributed by atoms with Gasteiger partial charge in [0.15, 0.2) is 0 Å². The molecule has 0 N–H and O–H groups in total. The summed E-state index contributed by atoms with van der Waals surface area (Å²) in [5, 5.41) is 0.